The van der Waals surface area contributed by atoms with Gasteiger partial charge in [-0.15, -0.1) is 0 Å². The van der Waals surface area contributed by atoms with Crippen molar-refractivity contribution >= 4 is 5.91 Å². The third-order valence-corrected chi connectivity index (χ3v) is 2.67. The molecule has 3 nitrogen and oxygen atoms in total. The van der Waals surface area contributed by atoms with E-state index in [9.17, 15) is 9.18 Å². The molecular formula is C12H14FN2O. The molecule has 0 aromatic heterocycles. The van der Waals surface area contributed by atoms with Gasteiger partial charge >= 0.3 is 0 Å². The predicted molar refractivity (Wildman–Crippen MR) is 58.8 cm³/mol. The lowest BCUT2D eigenvalue weighted by molar-refractivity contribution is 0.0926. The summed E-state index contributed by atoms with van der Waals surface area (Å²) in [4.78, 5) is 11.7. The summed E-state index contributed by atoms with van der Waals surface area (Å²) < 4.78 is 13.3. The molecule has 1 aliphatic rings. The number of halogens is 1. The monoisotopic (exact) mass is 221 g/mol. The topological polar surface area (TPSA) is 43.2 Å². The summed E-state index contributed by atoms with van der Waals surface area (Å²) >= 11 is 0. The fourth-order valence-corrected chi connectivity index (χ4v) is 1.81. The Labute approximate surface area is 94.0 Å². The fourth-order valence-electron chi connectivity index (χ4n) is 1.81. The molecule has 1 atom stereocenters. The first-order chi connectivity index (χ1) is 7.77. The van der Waals surface area contributed by atoms with Gasteiger partial charge in [0.15, 0.2) is 0 Å². The minimum atomic E-state index is -0.479. The van der Waals surface area contributed by atoms with E-state index in [1.165, 1.54) is 12.1 Å². The molecule has 1 radical (unpaired) electrons. The Bertz CT molecular complexity index is 375. The van der Waals surface area contributed by atoms with Gasteiger partial charge in [0.05, 0.1) is 5.56 Å². The molecule has 4 heteroatoms. The molecule has 1 aromatic carbocycles. The van der Waals surface area contributed by atoms with Crippen LogP contribution >= 0.6 is 0 Å². The highest BCUT2D eigenvalue weighted by Crippen LogP contribution is 2.08. The highest BCUT2D eigenvalue weighted by molar-refractivity contribution is 5.94. The molecule has 1 heterocycles. The smallest absolute Gasteiger partial charge is 0.254 e. The molecule has 1 aromatic rings. The average molecular weight is 221 g/mol. The number of nitrogens with one attached hydrogen (secondary N) is 1. The zero-order valence-electron chi connectivity index (χ0n) is 8.95. The summed E-state index contributed by atoms with van der Waals surface area (Å²) in [7, 11) is 0. The van der Waals surface area contributed by atoms with Crippen LogP contribution in [0.4, 0.5) is 4.39 Å². The molecule has 0 saturated carbocycles. The van der Waals surface area contributed by atoms with Crippen LogP contribution in [-0.4, -0.2) is 25.0 Å². The lowest BCUT2D eigenvalue weighted by Crippen LogP contribution is -2.43. The summed E-state index contributed by atoms with van der Waals surface area (Å²) in [5.41, 5.74) is 0.105. The zero-order valence-corrected chi connectivity index (χ0v) is 8.95. The molecule has 1 N–H and O–H groups in total. The molecule has 16 heavy (non-hydrogen) atoms. The number of carbonyl (C=O) groups is 1. The average Bonchev–Trinajstić information content (AvgIpc) is 2.31. The number of carbonyl (C=O) groups excluding carboxylic acids is 1. The second kappa shape index (κ2) is 5.07. The largest absolute Gasteiger partial charge is 0.348 e. The van der Waals surface area contributed by atoms with Crippen LogP contribution in [0, 0.1) is 5.82 Å². The van der Waals surface area contributed by atoms with E-state index in [1.807, 2.05) is 0 Å². The van der Waals surface area contributed by atoms with E-state index in [2.05, 4.69) is 10.6 Å². The molecule has 1 aliphatic heterocycles. The van der Waals surface area contributed by atoms with Gasteiger partial charge in [0.2, 0.25) is 0 Å². The van der Waals surface area contributed by atoms with Gasteiger partial charge in [-0.1, -0.05) is 12.1 Å². The molecule has 2 rings (SSSR count). The highest BCUT2D eigenvalue weighted by Gasteiger charge is 2.18. The Kier molecular flexibility index (Phi) is 3.51. The van der Waals surface area contributed by atoms with Crippen molar-refractivity contribution in [3.63, 3.8) is 0 Å². The first kappa shape index (κ1) is 11.1. The Morgan fingerprint density at radius 2 is 2.25 bits per heavy atom. The number of piperidine rings is 1. The van der Waals surface area contributed by atoms with Gasteiger partial charge < -0.3 is 5.32 Å². The minimum Gasteiger partial charge on any atom is -0.348 e. The van der Waals surface area contributed by atoms with Crippen LogP contribution in [0.15, 0.2) is 24.3 Å². The van der Waals surface area contributed by atoms with Crippen molar-refractivity contribution in [3.8, 4) is 0 Å². The molecule has 1 amide bonds. The number of hydrogen-bond donors (Lipinski definition) is 1. The van der Waals surface area contributed by atoms with Crippen molar-refractivity contribution in [3.05, 3.63) is 35.6 Å². The van der Waals surface area contributed by atoms with Crippen molar-refractivity contribution in [2.75, 3.05) is 13.1 Å². The molecule has 1 unspecified atom stereocenters. The molecule has 1 fully saturated rings. The second-order valence-electron chi connectivity index (χ2n) is 3.92. The fraction of sp³-hybridized carbons (Fsp3) is 0.417. The maximum Gasteiger partial charge on any atom is 0.254 e. The van der Waals surface area contributed by atoms with Crippen LogP contribution in [0.2, 0.25) is 0 Å². The summed E-state index contributed by atoms with van der Waals surface area (Å²) in [6, 6.07) is 6.07. The van der Waals surface area contributed by atoms with Gasteiger partial charge in [-0.3, -0.25) is 4.79 Å². The van der Waals surface area contributed by atoms with E-state index >= 15 is 0 Å². The number of rotatable bonds is 2. The van der Waals surface area contributed by atoms with Gasteiger partial charge in [0, 0.05) is 19.1 Å². The standard InChI is InChI=1S/C12H14FN2O/c13-11-6-2-1-5-10(11)12(16)15-9-4-3-7-14-8-9/h1-2,5-6,9H,3-4,7-8H2,(H,15,16). The summed E-state index contributed by atoms with van der Waals surface area (Å²) in [6.07, 6.45) is 1.91. The Morgan fingerprint density at radius 1 is 1.44 bits per heavy atom. The predicted octanol–water partition coefficient (Wildman–Crippen LogP) is 1.32. The third kappa shape index (κ3) is 2.58. The van der Waals surface area contributed by atoms with Gasteiger partial charge in [-0.25, -0.2) is 9.71 Å². The molecule has 0 aliphatic carbocycles. The van der Waals surface area contributed by atoms with E-state index in [0.717, 1.165) is 19.4 Å². The zero-order chi connectivity index (χ0) is 11.4. The van der Waals surface area contributed by atoms with E-state index in [4.69, 9.17) is 0 Å². The Hall–Kier alpha value is -1.42. The van der Waals surface area contributed by atoms with Crippen LogP contribution in [0.1, 0.15) is 23.2 Å². The normalized spacial score (nSPS) is 20.4. The molecule has 85 valence electrons. The Morgan fingerprint density at radius 3 is 2.94 bits per heavy atom. The highest BCUT2D eigenvalue weighted by atomic mass is 19.1. The summed E-state index contributed by atoms with van der Waals surface area (Å²) in [5.74, 6) is -0.826. The van der Waals surface area contributed by atoms with Crippen LogP contribution in [0.3, 0.4) is 0 Å². The van der Waals surface area contributed by atoms with Crippen molar-refractivity contribution in [1.29, 1.82) is 0 Å². The van der Waals surface area contributed by atoms with Crippen LogP contribution in [0.25, 0.3) is 0 Å². The van der Waals surface area contributed by atoms with Crippen molar-refractivity contribution < 1.29 is 9.18 Å². The number of nitrogens with zero attached hydrogens (tertiary/aromatic N) is 1. The summed E-state index contributed by atoms with van der Waals surface area (Å²) in [6.45, 7) is 1.51. The third-order valence-electron chi connectivity index (χ3n) is 2.67. The van der Waals surface area contributed by atoms with Crippen molar-refractivity contribution in [2.45, 2.75) is 18.9 Å². The molecule has 0 spiro atoms. The van der Waals surface area contributed by atoms with Gasteiger partial charge in [-0.05, 0) is 25.0 Å². The van der Waals surface area contributed by atoms with E-state index < -0.39 is 5.82 Å². The number of amides is 1. The van der Waals surface area contributed by atoms with Crippen molar-refractivity contribution in [1.82, 2.24) is 10.6 Å². The van der Waals surface area contributed by atoms with E-state index in [-0.39, 0.29) is 17.5 Å². The van der Waals surface area contributed by atoms with Crippen LogP contribution < -0.4 is 10.6 Å². The second-order valence-corrected chi connectivity index (χ2v) is 3.92. The van der Waals surface area contributed by atoms with Crippen molar-refractivity contribution in [2.24, 2.45) is 0 Å². The molecule has 0 bridgehead atoms. The number of hydrogen-bond acceptors (Lipinski definition) is 1. The van der Waals surface area contributed by atoms with Crippen LogP contribution in [0.5, 0.6) is 0 Å². The maximum absolute atomic E-state index is 13.3. The molecular weight excluding hydrogens is 207 g/mol. The van der Waals surface area contributed by atoms with E-state index in [0.29, 0.717) is 6.54 Å². The van der Waals surface area contributed by atoms with Gasteiger partial charge in [0.25, 0.3) is 5.91 Å². The molecule has 1 saturated heterocycles. The first-order valence-electron chi connectivity index (χ1n) is 5.46. The quantitative estimate of drug-likeness (QED) is 0.804. The number of benzene rings is 1. The Balaban J connectivity index is 2.00. The van der Waals surface area contributed by atoms with Crippen LogP contribution in [-0.2, 0) is 0 Å². The minimum absolute atomic E-state index is 0.0563. The first-order valence-corrected chi connectivity index (χ1v) is 5.46. The lowest BCUT2D eigenvalue weighted by Gasteiger charge is -2.22. The SMILES string of the molecule is O=C(NC1CCC[N]C1)c1ccccc1F. The summed E-state index contributed by atoms with van der Waals surface area (Å²) in [5, 5.41) is 7.02. The van der Waals surface area contributed by atoms with E-state index in [1.54, 1.807) is 12.1 Å². The maximum atomic E-state index is 13.3. The lowest BCUT2D eigenvalue weighted by atomic mass is 10.1. The van der Waals surface area contributed by atoms with Gasteiger partial charge in [0.1, 0.15) is 5.82 Å². The van der Waals surface area contributed by atoms with Gasteiger partial charge in [-0.2, -0.15) is 0 Å².